The van der Waals surface area contributed by atoms with Crippen LogP contribution in [0.1, 0.15) is 28.3 Å². The summed E-state index contributed by atoms with van der Waals surface area (Å²) in [6.45, 7) is 6.29. The predicted molar refractivity (Wildman–Crippen MR) is 160 cm³/mol. The van der Waals surface area contributed by atoms with Crippen molar-refractivity contribution in [2.45, 2.75) is 32.0 Å². The Morgan fingerprint density at radius 3 is 2.71 bits per heavy atom. The third kappa shape index (κ3) is 5.78. The summed E-state index contributed by atoms with van der Waals surface area (Å²) in [6, 6.07) is 18.0. The molecule has 4 heterocycles. The molecule has 6 rings (SSSR count). The quantitative estimate of drug-likeness (QED) is 0.324. The zero-order valence-electron chi connectivity index (χ0n) is 24.2. The van der Waals surface area contributed by atoms with Crippen molar-refractivity contribution in [1.82, 2.24) is 29.9 Å². The van der Waals surface area contributed by atoms with Crippen molar-refractivity contribution in [3.05, 3.63) is 95.1 Å². The largest absolute Gasteiger partial charge is 0.383 e. The highest BCUT2D eigenvalue weighted by atomic mass is 19.1. The summed E-state index contributed by atoms with van der Waals surface area (Å²) < 4.78 is 21.2. The van der Waals surface area contributed by atoms with Gasteiger partial charge in [0.1, 0.15) is 11.6 Å². The maximum absolute atomic E-state index is 14.1. The number of hydrogen-bond donors (Lipinski definition) is 2. The lowest BCUT2D eigenvalue weighted by Crippen LogP contribution is -2.42. The molecule has 0 radical (unpaired) electrons. The molecule has 0 spiro atoms. The lowest BCUT2D eigenvalue weighted by molar-refractivity contribution is 0.159. The lowest BCUT2D eigenvalue weighted by Gasteiger charge is -2.21. The van der Waals surface area contributed by atoms with Gasteiger partial charge in [-0.2, -0.15) is 5.10 Å². The summed E-state index contributed by atoms with van der Waals surface area (Å²) in [5.41, 5.74) is 6.50. The van der Waals surface area contributed by atoms with Gasteiger partial charge in [-0.25, -0.2) is 13.9 Å². The predicted octanol–water partition coefficient (Wildman–Crippen LogP) is 4.56. The molecule has 2 amide bonds. The Labute approximate surface area is 245 Å². The number of anilines is 1. The fourth-order valence-electron chi connectivity index (χ4n) is 6.04. The van der Waals surface area contributed by atoms with Gasteiger partial charge in [0.05, 0.1) is 29.7 Å². The molecule has 2 aromatic carbocycles. The monoisotopic (exact) mass is 569 g/mol. The Hall–Kier alpha value is -4.12. The van der Waals surface area contributed by atoms with Gasteiger partial charge in [-0.1, -0.05) is 30.3 Å². The number of halogens is 1. The average Bonchev–Trinajstić information content (AvgIpc) is 3.66. The second-order valence-corrected chi connectivity index (χ2v) is 11.2. The first-order valence-corrected chi connectivity index (χ1v) is 14.3. The van der Waals surface area contributed by atoms with Crippen molar-refractivity contribution in [2.24, 2.45) is 0 Å². The van der Waals surface area contributed by atoms with Gasteiger partial charge in [0.2, 0.25) is 0 Å². The van der Waals surface area contributed by atoms with E-state index in [-0.39, 0.29) is 23.8 Å². The summed E-state index contributed by atoms with van der Waals surface area (Å²) in [4.78, 5) is 22.8. The van der Waals surface area contributed by atoms with Crippen molar-refractivity contribution in [3.63, 3.8) is 0 Å². The van der Waals surface area contributed by atoms with Gasteiger partial charge in [0.25, 0.3) is 0 Å². The number of carbonyl (C=O) groups excluding carboxylic acids is 1. The van der Waals surface area contributed by atoms with E-state index >= 15 is 0 Å². The van der Waals surface area contributed by atoms with Gasteiger partial charge in [0.15, 0.2) is 0 Å². The van der Waals surface area contributed by atoms with Crippen LogP contribution in [0.5, 0.6) is 0 Å². The van der Waals surface area contributed by atoms with Crippen LogP contribution >= 0.6 is 0 Å². The first-order chi connectivity index (χ1) is 20.4. The Kier molecular flexibility index (Phi) is 8.01. The van der Waals surface area contributed by atoms with Crippen LogP contribution in [0.25, 0.3) is 16.9 Å². The second-order valence-electron chi connectivity index (χ2n) is 11.2. The van der Waals surface area contributed by atoms with Crippen LogP contribution in [-0.2, 0) is 17.8 Å². The minimum atomic E-state index is -0.338. The van der Waals surface area contributed by atoms with Crippen LogP contribution in [0.3, 0.4) is 0 Å². The number of likely N-dealkylation sites (tertiary alicyclic amines) is 1. The molecule has 0 saturated carbocycles. The molecule has 1 fully saturated rings. The number of pyridine rings is 1. The van der Waals surface area contributed by atoms with E-state index < -0.39 is 0 Å². The number of hydrogen-bond acceptors (Lipinski definition) is 6. The number of benzene rings is 2. The third-order valence-electron chi connectivity index (χ3n) is 8.15. The fourth-order valence-corrected chi connectivity index (χ4v) is 6.04. The highest BCUT2D eigenvalue weighted by molar-refractivity contribution is 5.91. The second kappa shape index (κ2) is 12.0. The fraction of sp³-hybridized carbons (Fsp3) is 0.344. The number of ether oxygens (including phenoxy) is 1. The topological polar surface area (TPSA) is 87.6 Å². The van der Waals surface area contributed by atoms with Crippen molar-refractivity contribution < 1.29 is 13.9 Å². The highest BCUT2D eigenvalue weighted by Crippen LogP contribution is 2.33. The smallest absolute Gasteiger partial charge is 0.320 e. The molecule has 4 aromatic rings. The number of nitrogens with zero attached hydrogens (tertiary/aromatic N) is 5. The van der Waals surface area contributed by atoms with E-state index in [2.05, 4.69) is 33.5 Å². The zero-order chi connectivity index (χ0) is 29.2. The molecule has 0 unspecified atom stereocenters. The summed E-state index contributed by atoms with van der Waals surface area (Å²) in [7, 11) is 3.75. The van der Waals surface area contributed by atoms with Gasteiger partial charge >= 0.3 is 6.03 Å². The highest BCUT2D eigenvalue weighted by Gasteiger charge is 2.35. The molecule has 42 heavy (non-hydrogen) atoms. The minimum absolute atomic E-state index is 0.0605. The standard InChI is InChI=1S/C32H36FN7O2/c1-21-30(23-14-24-17-38(2)19-28(24)34-16-23)37-40(26-10-5-4-6-11-26)31(21)36-32(41)35-29-20-39(12-13-42-3)18-27(29)22-8-7-9-25(33)15-22/h4-11,14-16,27,29H,12-13,17-20H2,1-3H3,(H2,35,36,41)/t27-,29+/m0/s1. The first kappa shape index (κ1) is 28.0. The molecule has 2 atom stereocenters. The Morgan fingerprint density at radius 2 is 1.93 bits per heavy atom. The number of aromatic nitrogens is 3. The van der Waals surface area contributed by atoms with Crippen molar-refractivity contribution in [1.29, 1.82) is 0 Å². The Balaban J connectivity index is 1.28. The van der Waals surface area contributed by atoms with Crippen LogP contribution in [0.2, 0.25) is 0 Å². The SMILES string of the molecule is COCCN1C[C@@H](NC(=O)Nc2c(C)c(-c3cnc4c(c3)CN(C)C4)nn2-c2ccccc2)[C@H](c2cccc(F)c2)C1. The molecule has 9 nitrogen and oxygen atoms in total. The molecule has 0 bridgehead atoms. The van der Waals surface area contributed by atoms with Crippen molar-refractivity contribution >= 4 is 11.8 Å². The van der Waals surface area contributed by atoms with Crippen LogP contribution in [0.4, 0.5) is 15.0 Å². The molecule has 2 N–H and O–H groups in total. The first-order valence-electron chi connectivity index (χ1n) is 14.3. The molecular formula is C32H36FN7O2. The van der Waals surface area contributed by atoms with E-state index in [0.29, 0.717) is 25.5 Å². The normalized spacial score (nSPS) is 18.8. The van der Waals surface area contributed by atoms with Crippen LogP contribution in [0.15, 0.2) is 66.9 Å². The summed E-state index contributed by atoms with van der Waals surface area (Å²) in [5, 5.41) is 11.2. The number of nitrogens with one attached hydrogen (secondary N) is 2. The van der Waals surface area contributed by atoms with E-state index in [0.717, 1.165) is 53.4 Å². The number of fused-ring (bicyclic) bond motifs is 1. The molecule has 2 aromatic heterocycles. The molecule has 1 saturated heterocycles. The van der Waals surface area contributed by atoms with E-state index in [4.69, 9.17) is 14.8 Å². The number of carbonyl (C=O) groups is 1. The van der Waals surface area contributed by atoms with E-state index in [9.17, 15) is 9.18 Å². The summed E-state index contributed by atoms with van der Waals surface area (Å²) >= 11 is 0. The molecule has 218 valence electrons. The van der Waals surface area contributed by atoms with Crippen molar-refractivity contribution in [3.8, 4) is 16.9 Å². The number of rotatable bonds is 8. The van der Waals surface area contributed by atoms with Gasteiger partial charge in [-0.3, -0.25) is 20.1 Å². The summed E-state index contributed by atoms with van der Waals surface area (Å²) in [5.74, 6) is 0.242. The Morgan fingerprint density at radius 1 is 1.10 bits per heavy atom. The number of para-hydroxylation sites is 1. The van der Waals surface area contributed by atoms with E-state index in [1.165, 1.54) is 11.6 Å². The van der Waals surface area contributed by atoms with Gasteiger partial charge < -0.3 is 10.1 Å². The average molecular weight is 570 g/mol. The zero-order valence-corrected chi connectivity index (χ0v) is 24.2. The lowest BCUT2D eigenvalue weighted by atomic mass is 9.94. The van der Waals surface area contributed by atoms with Crippen molar-refractivity contribution in [2.75, 3.05) is 45.7 Å². The van der Waals surface area contributed by atoms with E-state index in [1.807, 2.05) is 49.5 Å². The molecular weight excluding hydrogens is 533 g/mol. The number of methoxy groups -OCH3 is 1. The third-order valence-corrected chi connectivity index (χ3v) is 8.15. The van der Waals surface area contributed by atoms with Crippen LogP contribution in [-0.4, -0.2) is 77.0 Å². The molecule has 10 heteroatoms. The van der Waals surface area contributed by atoms with Gasteiger partial charge in [0, 0.05) is 63.1 Å². The minimum Gasteiger partial charge on any atom is -0.383 e. The van der Waals surface area contributed by atoms with Crippen LogP contribution in [0, 0.1) is 12.7 Å². The molecule has 0 aliphatic carbocycles. The molecule has 2 aliphatic rings. The number of amides is 2. The Bertz CT molecular complexity index is 1570. The number of urea groups is 1. The van der Waals surface area contributed by atoms with Gasteiger partial charge in [-0.05, 0) is 55.4 Å². The maximum Gasteiger partial charge on any atom is 0.320 e. The van der Waals surface area contributed by atoms with E-state index in [1.54, 1.807) is 23.9 Å². The van der Waals surface area contributed by atoms with Gasteiger partial charge in [-0.15, -0.1) is 0 Å². The van der Waals surface area contributed by atoms with Crippen LogP contribution < -0.4 is 10.6 Å². The summed E-state index contributed by atoms with van der Waals surface area (Å²) in [6.07, 6.45) is 1.86. The molecule has 2 aliphatic heterocycles. The maximum atomic E-state index is 14.1.